The third-order valence-electron chi connectivity index (χ3n) is 6.45. The van der Waals surface area contributed by atoms with Gasteiger partial charge in [-0.05, 0) is 51.0 Å². The van der Waals surface area contributed by atoms with Crippen molar-refractivity contribution in [2.75, 3.05) is 34.9 Å². The number of carbonyl (C=O) groups is 3. The van der Waals surface area contributed by atoms with E-state index in [0.29, 0.717) is 36.1 Å². The van der Waals surface area contributed by atoms with Crippen molar-refractivity contribution in [1.82, 2.24) is 5.32 Å². The smallest absolute Gasteiger partial charge is 0.243 e. The fourth-order valence-electron chi connectivity index (χ4n) is 4.51. The lowest BCUT2D eigenvalue weighted by atomic mass is 10.1. The quantitative estimate of drug-likeness (QED) is 0.518. The number of nitrogens with zero attached hydrogens (tertiary/aromatic N) is 1. The first-order chi connectivity index (χ1) is 17.8. The molecule has 2 atom stereocenters. The number of hydrogen-bond donors (Lipinski definition) is 2. The molecule has 10 heteroatoms. The minimum atomic E-state index is -1.78. The van der Waals surface area contributed by atoms with E-state index in [-0.39, 0.29) is 17.7 Å². The van der Waals surface area contributed by atoms with Crippen LogP contribution in [0.4, 0.5) is 11.4 Å². The molecule has 1 aliphatic carbocycles. The number of nitrogens with one attached hydrogen (secondary N) is 2. The molecule has 9 nitrogen and oxygen atoms in total. The molecule has 0 radical (unpaired) electrons. The first kappa shape index (κ1) is 26.7. The van der Waals surface area contributed by atoms with Gasteiger partial charge in [-0.2, -0.15) is 0 Å². The summed E-state index contributed by atoms with van der Waals surface area (Å²) in [6, 6.07) is 11.5. The Kier molecular flexibility index (Phi) is 8.81. The number of aryl methyl sites for hydroxylation is 1. The van der Waals surface area contributed by atoms with Crippen molar-refractivity contribution < 1.29 is 28.1 Å². The molecule has 0 bridgehead atoms. The van der Waals surface area contributed by atoms with Gasteiger partial charge in [0.1, 0.15) is 30.8 Å². The van der Waals surface area contributed by atoms with Crippen LogP contribution in [0.1, 0.15) is 38.2 Å². The Hall–Kier alpha value is -3.40. The monoisotopic (exact) mass is 527 g/mol. The Labute approximate surface area is 219 Å². The second kappa shape index (κ2) is 12.2. The second-order valence-corrected chi connectivity index (χ2v) is 10.9. The molecule has 2 N–H and O–H groups in total. The summed E-state index contributed by atoms with van der Waals surface area (Å²) in [4.78, 5) is 40.3. The molecule has 1 aliphatic heterocycles. The zero-order valence-corrected chi connectivity index (χ0v) is 22.0. The molecule has 37 heavy (non-hydrogen) atoms. The summed E-state index contributed by atoms with van der Waals surface area (Å²) in [5, 5.41) is 5.73. The number of benzene rings is 2. The van der Waals surface area contributed by atoms with E-state index in [4.69, 9.17) is 9.47 Å². The number of carbonyl (C=O) groups excluding carboxylic acids is 3. The summed E-state index contributed by atoms with van der Waals surface area (Å²) in [6.07, 6.45) is 3.95. The van der Waals surface area contributed by atoms with Crippen LogP contribution in [0.3, 0.4) is 0 Å². The summed E-state index contributed by atoms with van der Waals surface area (Å²) < 4.78 is 24.0. The van der Waals surface area contributed by atoms with Gasteiger partial charge in [-0.1, -0.05) is 30.5 Å². The standard InChI is InChI=1S/C27H33N3O6S/c1-18-7-9-21(10-8-18)28-25(31)16-37(34)17-26(32)30(19(2)27(33)29-20-5-3-4-6-20)22-11-12-23-24(15-22)36-14-13-35-23/h7-12,15,19-20H,3-6,13-14,16-17H2,1-2H3,(H,28,31)(H,29,33). The highest BCUT2D eigenvalue weighted by atomic mass is 32.2. The van der Waals surface area contributed by atoms with Crippen molar-refractivity contribution in [3.05, 3.63) is 48.0 Å². The Bertz CT molecular complexity index is 1160. The van der Waals surface area contributed by atoms with Crippen molar-refractivity contribution in [3.8, 4) is 11.5 Å². The van der Waals surface area contributed by atoms with Gasteiger partial charge >= 0.3 is 0 Å². The highest BCUT2D eigenvalue weighted by molar-refractivity contribution is 7.86. The fourth-order valence-corrected chi connectivity index (χ4v) is 5.39. The minimum Gasteiger partial charge on any atom is -0.486 e. The largest absolute Gasteiger partial charge is 0.486 e. The van der Waals surface area contributed by atoms with Crippen LogP contribution in [-0.4, -0.2) is 58.7 Å². The van der Waals surface area contributed by atoms with E-state index in [0.717, 1.165) is 31.2 Å². The summed E-state index contributed by atoms with van der Waals surface area (Å²) in [5.74, 6) is -0.961. The van der Waals surface area contributed by atoms with E-state index in [2.05, 4.69) is 10.6 Å². The van der Waals surface area contributed by atoms with Gasteiger partial charge in [0.05, 0.1) is 0 Å². The van der Waals surface area contributed by atoms with Crippen LogP contribution in [-0.2, 0) is 25.2 Å². The second-order valence-electron chi connectivity index (χ2n) is 9.40. The van der Waals surface area contributed by atoms with Gasteiger partial charge in [0.15, 0.2) is 11.5 Å². The van der Waals surface area contributed by atoms with Gasteiger partial charge in [-0.3, -0.25) is 23.5 Å². The average Bonchev–Trinajstić information content (AvgIpc) is 3.38. The molecule has 0 saturated heterocycles. The van der Waals surface area contributed by atoms with Crippen LogP contribution in [0.2, 0.25) is 0 Å². The van der Waals surface area contributed by atoms with Crippen LogP contribution in [0.25, 0.3) is 0 Å². The number of ether oxygens (including phenoxy) is 2. The normalized spacial score (nSPS) is 16.5. The molecule has 2 aliphatic rings. The molecule has 3 amide bonds. The lowest BCUT2D eigenvalue weighted by Crippen LogP contribution is -2.51. The van der Waals surface area contributed by atoms with Crippen LogP contribution >= 0.6 is 0 Å². The zero-order valence-electron chi connectivity index (χ0n) is 21.2. The lowest BCUT2D eigenvalue weighted by molar-refractivity contribution is -0.125. The van der Waals surface area contributed by atoms with Crippen LogP contribution < -0.4 is 25.0 Å². The summed E-state index contributed by atoms with van der Waals surface area (Å²) in [7, 11) is -1.78. The summed E-state index contributed by atoms with van der Waals surface area (Å²) >= 11 is 0. The maximum atomic E-state index is 13.4. The van der Waals surface area contributed by atoms with Gasteiger partial charge in [0.25, 0.3) is 0 Å². The molecule has 2 unspecified atom stereocenters. The summed E-state index contributed by atoms with van der Waals surface area (Å²) in [5.41, 5.74) is 2.08. The first-order valence-corrected chi connectivity index (χ1v) is 14.0. The molecule has 1 heterocycles. The van der Waals surface area contributed by atoms with Crippen LogP contribution in [0.5, 0.6) is 11.5 Å². The third-order valence-corrected chi connectivity index (χ3v) is 7.61. The van der Waals surface area contributed by atoms with E-state index >= 15 is 0 Å². The SMILES string of the molecule is Cc1ccc(NC(=O)CS(=O)CC(=O)N(c2ccc3c(c2)OCCO3)C(C)C(=O)NC2CCCC2)cc1. The first-order valence-electron chi connectivity index (χ1n) is 12.5. The van der Waals surface area contributed by atoms with Gasteiger partial charge in [0.2, 0.25) is 17.7 Å². The maximum Gasteiger partial charge on any atom is 0.243 e. The average molecular weight is 528 g/mol. The molecule has 1 saturated carbocycles. The van der Waals surface area contributed by atoms with Crippen LogP contribution in [0.15, 0.2) is 42.5 Å². The van der Waals surface area contributed by atoms with Crippen molar-refractivity contribution >= 4 is 39.9 Å². The molecular formula is C27H33N3O6S. The van der Waals surface area contributed by atoms with Crippen molar-refractivity contribution in [3.63, 3.8) is 0 Å². The summed E-state index contributed by atoms with van der Waals surface area (Å²) in [6.45, 7) is 4.39. The van der Waals surface area contributed by atoms with Crippen LogP contribution in [0, 0.1) is 6.92 Å². The lowest BCUT2D eigenvalue weighted by Gasteiger charge is -2.30. The molecule has 2 aromatic rings. The van der Waals surface area contributed by atoms with Crippen molar-refractivity contribution in [2.24, 2.45) is 0 Å². The predicted octanol–water partition coefficient (Wildman–Crippen LogP) is 2.93. The van der Waals surface area contributed by atoms with E-state index in [1.807, 2.05) is 19.1 Å². The topological polar surface area (TPSA) is 114 Å². The Morgan fingerprint density at radius 2 is 1.68 bits per heavy atom. The highest BCUT2D eigenvalue weighted by Crippen LogP contribution is 2.35. The van der Waals surface area contributed by atoms with E-state index in [1.165, 1.54) is 4.90 Å². The van der Waals surface area contributed by atoms with Crippen molar-refractivity contribution in [2.45, 2.75) is 51.6 Å². The predicted molar refractivity (Wildman–Crippen MR) is 142 cm³/mol. The van der Waals surface area contributed by atoms with E-state index < -0.39 is 34.4 Å². The number of rotatable bonds is 9. The number of fused-ring (bicyclic) bond motifs is 1. The van der Waals surface area contributed by atoms with Gasteiger partial charge in [0, 0.05) is 34.3 Å². The Morgan fingerprint density at radius 3 is 2.38 bits per heavy atom. The van der Waals surface area contributed by atoms with Gasteiger partial charge in [-0.15, -0.1) is 0 Å². The molecule has 2 aromatic carbocycles. The molecule has 0 aromatic heterocycles. The zero-order chi connectivity index (χ0) is 26.4. The molecule has 1 fully saturated rings. The maximum absolute atomic E-state index is 13.4. The number of hydrogen-bond acceptors (Lipinski definition) is 6. The molecule has 4 rings (SSSR count). The Morgan fingerprint density at radius 1 is 1.00 bits per heavy atom. The van der Waals surface area contributed by atoms with Gasteiger partial charge < -0.3 is 20.1 Å². The van der Waals surface area contributed by atoms with Gasteiger partial charge in [-0.25, -0.2) is 0 Å². The van der Waals surface area contributed by atoms with E-state index in [9.17, 15) is 18.6 Å². The molecule has 0 spiro atoms. The minimum absolute atomic E-state index is 0.0896. The number of amides is 3. The van der Waals surface area contributed by atoms with E-state index in [1.54, 1.807) is 37.3 Å². The highest BCUT2D eigenvalue weighted by Gasteiger charge is 2.31. The molecular weight excluding hydrogens is 494 g/mol. The Balaban J connectivity index is 1.47. The fraction of sp³-hybridized carbons (Fsp3) is 0.444. The third kappa shape index (κ3) is 7.09. The number of anilines is 2. The van der Waals surface area contributed by atoms with Crippen molar-refractivity contribution in [1.29, 1.82) is 0 Å². The molecule has 198 valence electrons.